The number of aliphatic imine (C=N–C) groups is 1. The van der Waals surface area contributed by atoms with E-state index in [1.165, 1.54) is 44.7 Å². The number of benzene rings is 1. The third-order valence-electron chi connectivity index (χ3n) is 4.68. The van der Waals surface area contributed by atoms with E-state index >= 15 is 0 Å². The second kappa shape index (κ2) is 15.0. The summed E-state index contributed by atoms with van der Waals surface area (Å²) in [4.78, 5) is 15.7. The van der Waals surface area contributed by atoms with Crippen LogP contribution < -0.4 is 0 Å². The maximum absolute atomic E-state index is 13.9. The predicted molar refractivity (Wildman–Crippen MR) is 126 cm³/mol. The zero-order valence-electron chi connectivity index (χ0n) is 20.1. The van der Waals surface area contributed by atoms with E-state index in [9.17, 15) is 13.6 Å². The molecule has 0 saturated carbocycles. The van der Waals surface area contributed by atoms with Gasteiger partial charge in [0.05, 0.1) is 5.71 Å². The molecule has 0 aromatic heterocycles. The van der Waals surface area contributed by atoms with Crippen LogP contribution in [0, 0.1) is 0 Å². The van der Waals surface area contributed by atoms with Crippen molar-refractivity contribution >= 4 is 17.1 Å². The van der Waals surface area contributed by atoms with Gasteiger partial charge in [0.2, 0.25) is 0 Å². The average molecular weight is 422 g/mol. The zero-order valence-corrected chi connectivity index (χ0v) is 20.1. The van der Waals surface area contributed by atoms with E-state index in [0.717, 1.165) is 23.3 Å². The third-order valence-corrected chi connectivity index (χ3v) is 4.68. The smallest absolute Gasteiger partial charge is 0.273 e. The van der Waals surface area contributed by atoms with Crippen LogP contribution in [0.15, 0.2) is 35.0 Å². The van der Waals surface area contributed by atoms with Crippen LogP contribution in [-0.4, -0.2) is 11.5 Å². The van der Waals surface area contributed by atoms with Crippen molar-refractivity contribution in [3.05, 3.63) is 41.1 Å². The van der Waals surface area contributed by atoms with Gasteiger partial charge in [-0.25, -0.2) is 8.78 Å². The summed E-state index contributed by atoms with van der Waals surface area (Å²) in [6.07, 6.45) is 6.96. The fourth-order valence-corrected chi connectivity index (χ4v) is 3.09. The molecule has 2 rings (SSSR count). The fraction of sp³-hybridized carbons (Fsp3) is 0.615. The zero-order chi connectivity index (χ0) is 23.2. The largest absolute Gasteiger partial charge is 0.293 e. The number of rotatable bonds is 7. The minimum atomic E-state index is -2.77. The molecular formula is C26H41F2NO. The van der Waals surface area contributed by atoms with Crippen LogP contribution in [0.3, 0.4) is 0 Å². The van der Waals surface area contributed by atoms with Crippen molar-refractivity contribution in [2.24, 2.45) is 4.99 Å². The Bertz CT molecular complexity index is 685. The number of carbonyl (C=O) groups is 1. The maximum Gasteiger partial charge on any atom is 0.273 e. The molecule has 0 radical (unpaired) electrons. The minimum Gasteiger partial charge on any atom is -0.293 e. The Hall–Kier alpha value is -1.84. The number of carbonyl (C=O) groups excluding carboxylic acids is 1. The second-order valence-electron chi connectivity index (χ2n) is 7.77. The standard InChI is InChI=1S/C18H21F2NO.C5H12.C3H8/c1-4-11-18(19,20)15-7-5-14(6-8-15)16-9-10-17(13(3)22)21-12(16)2;1-3-5-4-2;1-3-2/h5-8H,4,9-11H2,1-3H3;3-5H2,1-2H3;3H2,1-2H3. The molecule has 30 heavy (non-hydrogen) atoms. The van der Waals surface area contributed by atoms with Crippen molar-refractivity contribution in [3.63, 3.8) is 0 Å². The van der Waals surface area contributed by atoms with Gasteiger partial charge >= 0.3 is 0 Å². The summed E-state index contributed by atoms with van der Waals surface area (Å²) in [5.41, 5.74) is 3.37. The van der Waals surface area contributed by atoms with Gasteiger partial charge in [-0.3, -0.25) is 9.79 Å². The lowest BCUT2D eigenvalue weighted by molar-refractivity contribution is -0.111. The van der Waals surface area contributed by atoms with Crippen LogP contribution in [-0.2, 0) is 10.7 Å². The molecule has 0 N–H and O–H groups in total. The molecular weight excluding hydrogens is 380 g/mol. The van der Waals surface area contributed by atoms with Gasteiger partial charge in [0, 0.05) is 24.6 Å². The molecule has 1 aliphatic heterocycles. The number of Topliss-reactive ketones (excluding diaryl/α,β-unsaturated/α-hetero) is 1. The Labute approximate surface area is 182 Å². The van der Waals surface area contributed by atoms with Gasteiger partial charge in [0.1, 0.15) is 0 Å². The molecule has 0 amide bonds. The highest BCUT2D eigenvalue weighted by atomic mass is 19.3. The first-order chi connectivity index (χ1) is 14.2. The maximum atomic E-state index is 13.9. The normalized spacial score (nSPS) is 13.6. The number of allylic oxidation sites excluding steroid dienone is 2. The van der Waals surface area contributed by atoms with E-state index in [2.05, 4.69) is 32.7 Å². The Morgan fingerprint density at radius 2 is 1.50 bits per heavy atom. The monoisotopic (exact) mass is 421 g/mol. The summed E-state index contributed by atoms with van der Waals surface area (Å²) in [5, 5.41) is 0. The van der Waals surface area contributed by atoms with Crippen LogP contribution in [0.1, 0.15) is 111 Å². The van der Waals surface area contributed by atoms with Gasteiger partial charge in [-0.2, -0.15) is 0 Å². The lowest BCUT2D eigenvalue weighted by Crippen LogP contribution is -2.14. The Balaban J connectivity index is 0.000000902. The molecule has 1 aromatic rings. The van der Waals surface area contributed by atoms with E-state index in [1.807, 2.05) is 6.92 Å². The van der Waals surface area contributed by atoms with Gasteiger partial charge in [-0.15, -0.1) is 0 Å². The van der Waals surface area contributed by atoms with Crippen LogP contribution in [0.2, 0.25) is 0 Å². The first-order valence-electron chi connectivity index (χ1n) is 11.4. The highest BCUT2D eigenvalue weighted by Crippen LogP contribution is 2.35. The van der Waals surface area contributed by atoms with E-state index in [-0.39, 0.29) is 17.8 Å². The molecule has 0 unspecified atom stereocenters. The number of nitrogens with zero attached hydrogens (tertiary/aromatic N) is 1. The van der Waals surface area contributed by atoms with Crippen LogP contribution in [0.25, 0.3) is 5.57 Å². The SMILES string of the molecule is CCC.CCCC(F)(F)c1ccc(C2=C(C)N=C(C(C)=O)CC2)cc1.CCCCC. The summed E-state index contributed by atoms with van der Waals surface area (Å²) < 4.78 is 27.8. The molecule has 4 heteroatoms. The molecule has 1 aromatic carbocycles. The Morgan fingerprint density at radius 1 is 0.967 bits per heavy atom. The van der Waals surface area contributed by atoms with E-state index in [0.29, 0.717) is 18.6 Å². The van der Waals surface area contributed by atoms with Gasteiger partial charge < -0.3 is 0 Å². The summed E-state index contributed by atoms with van der Waals surface area (Å²) in [5.74, 6) is -2.78. The number of hydrogen-bond donors (Lipinski definition) is 0. The summed E-state index contributed by atoms with van der Waals surface area (Å²) in [6.45, 7) is 13.8. The predicted octanol–water partition coefficient (Wildman–Crippen LogP) is 8.75. The van der Waals surface area contributed by atoms with E-state index in [1.54, 1.807) is 19.1 Å². The topological polar surface area (TPSA) is 29.4 Å². The summed E-state index contributed by atoms with van der Waals surface area (Å²) in [7, 11) is 0. The quantitative estimate of drug-likeness (QED) is 0.432. The summed E-state index contributed by atoms with van der Waals surface area (Å²) >= 11 is 0. The molecule has 1 heterocycles. The second-order valence-corrected chi connectivity index (χ2v) is 7.77. The Morgan fingerprint density at radius 3 is 1.87 bits per heavy atom. The third kappa shape index (κ3) is 9.77. The average Bonchev–Trinajstić information content (AvgIpc) is 2.69. The van der Waals surface area contributed by atoms with Crippen LogP contribution >= 0.6 is 0 Å². The minimum absolute atomic E-state index is 0.00652. The molecule has 0 fully saturated rings. The van der Waals surface area contributed by atoms with E-state index < -0.39 is 5.92 Å². The van der Waals surface area contributed by atoms with Crippen molar-refractivity contribution in [1.82, 2.24) is 0 Å². The molecule has 0 spiro atoms. The molecule has 0 aliphatic carbocycles. The van der Waals surface area contributed by atoms with Gasteiger partial charge in [0.25, 0.3) is 5.92 Å². The Kier molecular flexibility index (Phi) is 14.1. The van der Waals surface area contributed by atoms with Crippen LogP contribution in [0.5, 0.6) is 0 Å². The molecule has 1 aliphatic rings. The summed E-state index contributed by atoms with van der Waals surface area (Å²) in [6, 6.07) is 6.45. The number of ketones is 1. The highest BCUT2D eigenvalue weighted by molar-refractivity contribution is 6.39. The fourth-order valence-electron chi connectivity index (χ4n) is 3.09. The molecule has 170 valence electrons. The molecule has 2 nitrogen and oxygen atoms in total. The lowest BCUT2D eigenvalue weighted by Gasteiger charge is -2.19. The van der Waals surface area contributed by atoms with Crippen molar-refractivity contribution < 1.29 is 13.6 Å². The molecule has 0 saturated heterocycles. The first kappa shape index (κ1) is 28.2. The number of halogens is 2. The highest BCUT2D eigenvalue weighted by Gasteiger charge is 2.30. The van der Waals surface area contributed by atoms with Gasteiger partial charge in [-0.1, -0.05) is 91.0 Å². The van der Waals surface area contributed by atoms with Crippen molar-refractivity contribution in [2.45, 2.75) is 106 Å². The van der Waals surface area contributed by atoms with Gasteiger partial charge in [0.15, 0.2) is 5.78 Å². The number of hydrogen-bond acceptors (Lipinski definition) is 2. The van der Waals surface area contributed by atoms with Crippen molar-refractivity contribution in [1.29, 1.82) is 0 Å². The lowest BCUT2D eigenvalue weighted by atomic mass is 9.93. The number of alkyl halides is 2. The van der Waals surface area contributed by atoms with Crippen molar-refractivity contribution in [2.75, 3.05) is 0 Å². The first-order valence-corrected chi connectivity index (χ1v) is 11.4. The number of unbranched alkanes of at least 4 members (excludes halogenated alkanes) is 2. The molecule has 0 atom stereocenters. The van der Waals surface area contributed by atoms with Gasteiger partial charge in [-0.05, 0) is 30.9 Å². The van der Waals surface area contributed by atoms with Crippen LogP contribution in [0.4, 0.5) is 8.78 Å². The van der Waals surface area contributed by atoms with E-state index in [4.69, 9.17) is 0 Å². The van der Waals surface area contributed by atoms with Crippen molar-refractivity contribution in [3.8, 4) is 0 Å². The molecule has 0 bridgehead atoms.